The predicted molar refractivity (Wildman–Crippen MR) is 76.5 cm³/mol. The Morgan fingerprint density at radius 2 is 1.91 bits per heavy atom. The molecule has 2 aromatic rings. The summed E-state index contributed by atoms with van der Waals surface area (Å²) in [6.07, 6.45) is -0.727. The molecule has 7 heteroatoms. The van der Waals surface area contributed by atoms with Crippen molar-refractivity contribution in [1.29, 1.82) is 0 Å². The Balaban J connectivity index is 1.89. The summed E-state index contributed by atoms with van der Waals surface area (Å²) in [7, 11) is 0. The molecule has 0 atom stereocenters. The fourth-order valence-corrected chi connectivity index (χ4v) is 1.79. The van der Waals surface area contributed by atoms with E-state index in [4.69, 9.17) is 4.74 Å². The highest BCUT2D eigenvalue weighted by Gasteiger charge is 2.17. The highest BCUT2D eigenvalue weighted by atomic mass is 19.1. The molecule has 0 unspecified atom stereocenters. The molecule has 0 spiro atoms. The number of halogens is 1. The van der Waals surface area contributed by atoms with E-state index < -0.39 is 22.5 Å². The maximum Gasteiger partial charge on any atom is 0.407 e. The van der Waals surface area contributed by atoms with Crippen LogP contribution in [0.2, 0.25) is 0 Å². The molecular weight excluding hydrogens is 291 g/mol. The van der Waals surface area contributed by atoms with Gasteiger partial charge in [-0.2, -0.15) is 4.39 Å². The molecule has 0 aliphatic rings. The highest BCUT2D eigenvalue weighted by molar-refractivity contribution is 5.67. The average molecular weight is 304 g/mol. The quantitative estimate of drug-likeness (QED) is 0.679. The largest absolute Gasteiger partial charge is 0.445 e. The molecule has 0 saturated heterocycles. The van der Waals surface area contributed by atoms with Crippen LogP contribution in [0.25, 0.3) is 0 Å². The van der Waals surface area contributed by atoms with Crippen LogP contribution in [0, 0.1) is 15.9 Å². The summed E-state index contributed by atoms with van der Waals surface area (Å²) in [4.78, 5) is 21.3. The average Bonchev–Trinajstić information content (AvgIpc) is 2.52. The van der Waals surface area contributed by atoms with Crippen LogP contribution < -0.4 is 5.32 Å². The van der Waals surface area contributed by atoms with Crippen molar-refractivity contribution in [3.63, 3.8) is 0 Å². The number of nitrogens with zero attached hydrogens (tertiary/aromatic N) is 1. The van der Waals surface area contributed by atoms with Gasteiger partial charge in [-0.3, -0.25) is 10.1 Å². The number of amides is 1. The van der Waals surface area contributed by atoms with Gasteiger partial charge >= 0.3 is 11.8 Å². The summed E-state index contributed by atoms with van der Waals surface area (Å²) < 4.78 is 18.8. The van der Waals surface area contributed by atoms with E-state index in [0.29, 0.717) is 0 Å². The smallest absolute Gasteiger partial charge is 0.407 e. The Bertz CT molecular complexity index is 676. The van der Waals surface area contributed by atoms with Gasteiger partial charge < -0.3 is 10.1 Å². The van der Waals surface area contributed by atoms with E-state index in [-0.39, 0.29) is 18.7 Å². The summed E-state index contributed by atoms with van der Waals surface area (Å²) in [6.45, 7) is -0.106. The fraction of sp³-hybridized carbons (Fsp3) is 0.133. The molecule has 0 aliphatic heterocycles. The monoisotopic (exact) mass is 304 g/mol. The molecule has 0 heterocycles. The third kappa shape index (κ3) is 4.02. The van der Waals surface area contributed by atoms with Crippen molar-refractivity contribution < 1.29 is 18.8 Å². The molecule has 1 N–H and O–H groups in total. The van der Waals surface area contributed by atoms with Crippen molar-refractivity contribution in [2.45, 2.75) is 13.2 Å². The Morgan fingerprint density at radius 1 is 1.18 bits per heavy atom. The minimum Gasteiger partial charge on any atom is -0.445 e. The minimum absolute atomic E-state index is 0.0193. The lowest BCUT2D eigenvalue weighted by molar-refractivity contribution is -0.387. The van der Waals surface area contributed by atoms with E-state index in [1.165, 1.54) is 12.1 Å². The van der Waals surface area contributed by atoms with Crippen molar-refractivity contribution in [3.8, 4) is 0 Å². The van der Waals surface area contributed by atoms with Crippen LogP contribution in [0.4, 0.5) is 14.9 Å². The molecule has 1 amide bonds. The second-order valence-electron chi connectivity index (χ2n) is 4.42. The van der Waals surface area contributed by atoms with Crippen LogP contribution in [-0.4, -0.2) is 11.0 Å². The van der Waals surface area contributed by atoms with Crippen molar-refractivity contribution in [2.75, 3.05) is 0 Å². The van der Waals surface area contributed by atoms with Crippen LogP contribution in [-0.2, 0) is 17.9 Å². The van der Waals surface area contributed by atoms with E-state index >= 15 is 0 Å². The molecule has 6 nitrogen and oxygen atoms in total. The summed E-state index contributed by atoms with van der Waals surface area (Å²) in [5, 5.41) is 13.0. The Morgan fingerprint density at radius 3 is 2.59 bits per heavy atom. The Kier molecular flexibility index (Phi) is 5.02. The zero-order chi connectivity index (χ0) is 15.9. The molecule has 0 saturated carbocycles. The van der Waals surface area contributed by atoms with Gasteiger partial charge in [-0.15, -0.1) is 0 Å². The number of hydrogen-bond acceptors (Lipinski definition) is 4. The van der Waals surface area contributed by atoms with Gasteiger partial charge in [-0.25, -0.2) is 4.79 Å². The molecule has 2 rings (SSSR count). The predicted octanol–water partition coefficient (Wildman–Crippen LogP) is 3.16. The number of benzene rings is 2. The van der Waals surface area contributed by atoms with Crippen molar-refractivity contribution in [3.05, 3.63) is 75.6 Å². The van der Waals surface area contributed by atoms with Crippen LogP contribution in [0.15, 0.2) is 48.5 Å². The van der Waals surface area contributed by atoms with E-state index in [1.807, 2.05) is 18.2 Å². The van der Waals surface area contributed by atoms with Gasteiger partial charge in [0.25, 0.3) is 0 Å². The van der Waals surface area contributed by atoms with Crippen LogP contribution in [0.1, 0.15) is 11.1 Å². The van der Waals surface area contributed by atoms with Gasteiger partial charge in [0, 0.05) is 18.2 Å². The Labute approximate surface area is 125 Å². The van der Waals surface area contributed by atoms with Crippen molar-refractivity contribution >= 4 is 11.8 Å². The number of ether oxygens (including phenoxy) is 1. The van der Waals surface area contributed by atoms with E-state index in [9.17, 15) is 19.3 Å². The lowest BCUT2D eigenvalue weighted by Crippen LogP contribution is -2.24. The molecule has 0 aromatic heterocycles. The number of nitro benzene ring substituents is 1. The van der Waals surface area contributed by atoms with Crippen LogP contribution in [0.5, 0.6) is 0 Å². The number of alkyl carbamates (subject to hydrolysis) is 1. The van der Waals surface area contributed by atoms with E-state index in [2.05, 4.69) is 5.32 Å². The fourth-order valence-electron chi connectivity index (χ4n) is 1.79. The van der Waals surface area contributed by atoms with Crippen LogP contribution in [0.3, 0.4) is 0 Å². The molecule has 0 bridgehead atoms. The van der Waals surface area contributed by atoms with Gasteiger partial charge in [0.05, 0.1) is 4.92 Å². The lowest BCUT2D eigenvalue weighted by Gasteiger charge is -2.08. The lowest BCUT2D eigenvalue weighted by atomic mass is 10.2. The SMILES string of the molecule is O=C(NCc1cccc([N+](=O)[O-])c1F)OCc1ccccc1. The number of rotatable bonds is 5. The maximum absolute atomic E-state index is 13.8. The first-order valence-electron chi connectivity index (χ1n) is 6.44. The molecular formula is C15H13FN2O4. The molecule has 0 aliphatic carbocycles. The van der Waals surface area contributed by atoms with E-state index in [0.717, 1.165) is 11.6 Å². The zero-order valence-corrected chi connectivity index (χ0v) is 11.5. The third-order valence-corrected chi connectivity index (χ3v) is 2.89. The van der Waals surface area contributed by atoms with Crippen LogP contribution >= 0.6 is 0 Å². The number of hydrogen-bond donors (Lipinski definition) is 1. The summed E-state index contributed by atoms with van der Waals surface area (Å²) in [5.41, 5.74) is 0.210. The number of nitro groups is 1. The summed E-state index contributed by atoms with van der Waals surface area (Å²) >= 11 is 0. The first kappa shape index (κ1) is 15.4. The van der Waals surface area contributed by atoms with Gasteiger partial charge in [-0.05, 0) is 5.56 Å². The first-order valence-corrected chi connectivity index (χ1v) is 6.44. The second kappa shape index (κ2) is 7.16. The summed E-state index contributed by atoms with van der Waals surface area (Å²) in [6, 6.07) is 12.8. The number of nitrogens with one attached hydrogen (secondary N) is 1. The standard InChI is InChI=1S/C15H13FN2O4/c16-14-12(7-4-8-13(14)18(20)21)9-17-15(19)22-10-11-5-2-1-3-6-11/h1-8H,9-10H2,(H,17,19). The van der Waals surface area contributed by atoms with Crippen molar-refractivity contribution in [1.82, 2.24) is 5.32 Å². The first-order chi connectivity index (χ1) is 10.6. The molecule has 22 heavy (non-hydrogen) atoms. The van der Waals surface area contributed by atoms with E-state index in [1.54, 1.807) is 12.1 Å². The third-order valence-electron chi connectivity index (χ3n) is 2.89. The van der Waals surface area contributed by atoms with Gasteiger partial charge in [0.15, 0.2) is 0 Å². The highest BCUT2D eigenvalue weighted by Crippen LogP contribution is 2.19. The zero-order valence-electron chi connectivity index (χ0n) is 11.5. The van der Waals surface area contributed by atoms with Gasteiger partial charge in [-0.1, -0.05) is 42.5 Å². The Hall–Kier alpha value is -2.96. The van der Waals surface area contributed by atoms with Gasteiger partial charge in [0.1, 0.15) is 6.61 Å². The van der Waals surface area contributed by atoms with Crippen molar-refractivity contribution in [2.24, 2.45) is 0 Å². The van der Waals surface area contributed by atoms with Gasteiger partial charge in [0.2, 0.25) is 5.82 Å². The molecule has 0 fully saturated rings. The molecule has 114 valence electrons. The normalized spacial score (nSPS) is 10.0. The number of carbonyl (C=O) groups is 1. The number of carbonyl (C=O) groups excluding carboxylic acids is 1. The molecule has 0 radical (unpaired) electrons. The second-order valence-corrected chi connectivity index (χ2v) is 4.42. The molecule has 2 aromatic carbocycles. The topological polar surface area (TPSA) is 81.5 Å². The minimum atomic E-state index is -0.962. The maximum atomic E-state index is 13.8. The summed E-state index contributed by atoms with van der Waals surface area (Å²) in [5.74, 6) is -0.962.